The molecule has 0 N–H and O–H groups in total. The second-order valence-corrected chi connectivity index (χ2v) is 8.44. The summed E-state index contributed by atoms with van der Waals surface area (Å²) in [6.07, 6.45) is 7.98. The van der Waals surface area contributed by atoms with Crippen molar-refractivity contribution in [1.82, 2.24) is 9.55 Å². The molecule has 0 aromatic carbocycles. The average molecular weight is 367 g/mol. The fourth-order valence-corrected chi connectivity index (χ4v) is 5.51. The lowest BCUT2D eigenvalue weighted by molar-refractivity contribution is 0.218. The number of unbranched alkanes of at least 4 members (excludes halogenated alkanes) is 3. The summed E-state index contributed by atoms with van der Waals surface area (Å²) in [5.74, 6) is 0.828. The molecule has 4 nitrogen and oxygen atoms in total. The first-order valence-electron chi connectivity index (χ1n) is 8.93. The molecule has 24 heavy (non-hydrogen) atoms. The Balaban J connectivity index is 1.94. The fourth-order valence-electron chi connectivity index (χ4n) is 3.28. The summed E-state index contributed by atoms with van der Waals surface area (Å²) in [5.41, 5.74) is 1.46. The smallest absolute Gasteiger partial charge is 0.263 e. The maximum atomic E-state index is 13.2. The Morgan fingerprint density at radius 3 is 2.96 bits per heavy atom. The third-order valence-electron chi connectivity index (χ3n) is 4.54. The molecule has 0 spiro atoms. The van der Waals surface area contributed by atoms with Crippen LogP contribution in [0.3, 0.4) is 0 Å². The Morgan fingerprint density at radius 2 is 2.17 bits per heavy atom. The highest BCUT2D eigenvalue weighted by Gasteiger charge is 2.23. The predicted molar refractivity (Wildman–Crippen MR) is 103 cm³/mol. The zero-order valence-electron chi connectivity index (χ0n) is 14.6. The van der Waals surface area contributed by atoms with Crippen LogP contribution in [0.15, 0.2) is 9.95 Å². The SMILES string of the molecule is CCCCCCn1c(SCCOC)nc2sc3c(c2c1=O)CCC3. The summed E-state index contributed by atoms with van der Waals surface area (Å²) in [4.78, 5) is 20.3. The Bertz CT molecular complexity index is 752. The molecule has 0 saturated heterocycles. The van der Waals surface area contributed by atoms with E-state index in [1.165, 1.54) is 36.1 Å². The summed E-state index contributed by atoms with van der Waals surface area (Å²) in [6, 6.07) is 0. The van der Waals surface area contributed by atoms with Crippen molar-refractivity contribution in [1.29, 1.82) is 0 Å². The van der Waals surface area contributed by atoms with Crippen molar-refractivity contribution >= 4 is 33.3 Å². The molecule has 0 saturated carbocycles. The molecule has 3 rings (SSSR count). The van der Waals surface area contributed by atoms with E-state index in [0.29, 0.717) is 6.61 Å². The predicted octanol–water partition coefficient (Wildman–Crippen LogP) is 4.27. The summed E-state index contributed by atoms with van der Waals surface area (Å²) < 4.78 is 7.07. The van der Waals surface area contributed by atoms with Gasteiger partial charge in [0.15, 0.2) is 5.16 Å². The van der Waals surface area contributed by atoms with Gasteiger partial charge in [0.2, 0.25) is 0 Å². The third kappa shape index (κ3) is 3.70. The molecular weight excluding hydrogens is 340 g/mol. The Hall–Kier alpha value is -0.850. The Kier molecular flexibility index (Phi) is 6.36. The van der Waals surface area contributed by atoms with Gasteiger partial charge in [0.25, 0.3) is 5.56 Å². The summed E-state index contributed by atoms with van der Waals surface area (Å²) in [5, 5.41) is 1.76. The number of nitrogens with zero attached hydrogens (tertiary/aromatic N) is 2. The lowest BCUT2D eigenvalue weighted by atomic mass is 10.2. The minimum absolute atomic E-state index is 0.177. The first-order valence-corrected chi connectivity index (χ1v) is 10.7. The number of thiophene rings is 1. The van der Waals surface area contributed by atoms with Gasteiger partial charge in [-0.2, -0.15) is 0 Å². The summed E-state index contributed by atoms with van der Waals surface area (Å²) in [6.45, 7) is 3.66. The van der Waals surface area contributed by atoms with Gasteiger partial charge in [0.1, 0.15) is 4.83 Å². The van der Waals surface area contributed by atoms with Crippen molar-refractivity contribution in [2.75, 3.05) is 19.5 Å². The maximum absolute atomic E-state index is 13.2. The van der Waals surface area contributed by atoms with Crippen LogP contribution in [-0.2, 0) is 24.1 Å². The highest BCUT2D eigenvalue weighted by Crippen LogP contribution is 2.35. The third-order valence-corrected chi connectivity index (χ3v) is 6.67. The van der Waals surface area contributed by atoms with Crippen LogP contribution >= 0.6 is 23.1 Å². The lowest BCUT2D eigenvalue weighted by Crippen LogP contribution is -2.23. The van der Waals surface area contributed by atoms with E-state index in [2.05, 4.69) is 6.92 Å². The van der Waals surface area contributed by atoms with Gasteiger partial charge in [-0.3, -0.25) is 9.36 Å². The summed E-state index contributed by atoms with van der Waals surface area (Å²) >= 11 is 3.36. The molecule has 6 heteroatoms. The van der Waals surface area contributed by atoms with Gasteiger partial charge in [-0.1, -0.05) is 37.9 Å². The molecule has 0 aliphatic heterocycles. The average Bonchev–Trinajstić information content (AvgIpc) is 3.14. The molecule has 0 fully saturated rings. The highest BCUT2D eigenvalue weighted by molar-refractivity contribution is 7.99. The van der Waals surface area contributed by atoms with Crippen LogP contribution in [0.2, 0.25) is 0 Å². The number of ether oxygens (including phenoxy) is 1. The van der Waals surface area contributed by atoms with E-state index in [1.807, 2.05) is 4.57 Å². The van der Waals surface area contributed by atoms with Crippen molar-refractivity contribution in [3.05, 3.63) is 20.8 Å². The summed E-state index contributed by atoms with van der Waals surface area (Å²) in [7, 11) is 1.71. The molecular formula is C18H26N2O2S2. The maximum Gasteiger partial charge on any atom is 0.263 e. The van der Waals surface area contributed by atoms with E-state index in [9.17, 15) is 4.79 Å². The molecule has 2 aromatic rings. The molecule has 0 atom stereocenters. The highest BCUT2D eigenvalue weighted by atomic mass is 32.2. The van der Waals surface area contributed by atoms with Crippen LogP contribution < -0.4 is 5.56 Å². The van der Waals surface area contributed by atoms with Gasteiger partial charge in [0, 0.05) is 24.3 Å². The van der Waals surface area contributed by atoms with Gasteiger partial charge < -0.3 is 4.74 Å². The number of hydrogen-bond donors (Lipinski definition) is 0. The molecule has 1 aliphatic carbocycles. The number of methoxy groups -OCH3 is 1. The van der Waals surface area contributed by atoms with E-state index in [4.69, 9.17) is 9.72 Å². The molecule has 1 aliphatic rings. The van der Waals surface area contributed by atoms with Crippen LogP contribution in [0.25, 0.3) is 10.2 Å². The first-order chi connectivity index (χ1) is 11.8. The molecule has 2 heterocycles. The van der Waals surface area contributed by atoms with E-state index in [0.717, 1.165) is 46.9 Å². The quantitative estimate of drug-likeness (QED) is 0.378. The molecule has 0 amide bonds. The van der Waals surface area contributed by atoms with Crippen molar-refractivity contribution in [3.63, 3.8) is 0 Å². The number of hydrogen-bond acceptors (Lipinski definition) is 5. The van der Waals surface area contributed by atoms with Crippen LogP contribution in [0.1, 0.15) is 49.5 Å². The molecule has 0 unspecified atom stereocenters. The lowest BCUT2D eigenvalue weighted by Gasteiger charge is -2.12. The fraction of sp³-hybridized carbons (Fsp3) is 0.667. The molecule has 0 bridgehead atoms. The Labute approximate surface area is 151 Å². The molecule has 0 radical (unpaired) electrons. The van der Waals surface area contributed by atoms with Crippen molar-refractivity contribution in [2.45, 2.75) is 63.6 Å². The van der Waals surface area contributed by atoms with Crippen molar-refractivity contribution in [2.24, 2.45) is 0 Å². The monoisotopic (exact) mass is 366 g/mol. The number of aromatic nitrogens is 2. The minimum atomic E-state index is 0.177. The van der Waals surface area contributed by atoms with Crippen LogP contribution in [0.4, 0.5) is 0 Å². The molecule has 2 aromatic heterocycles. The Morgan fingerprint density at radius 1 is 1.29 bits per heavy atom. The van der Waals surface area contributed by atoms with E-state index >= 15 is 0 Å². The van der Waals surface area contributed by atoms with Crippen LogP contribution in [-0.4, -0.2) is 29.0 Å². The van der Waals surface area contributed by atoms with Gasteiger partial charge in [-0.05, 0) is 31.2 Å². The zero-order chi connectivity index (χ0) is 16.9. The first kappa shape index (κ1) is 18.0. The minimum Gasteiger partial charge on any atom is -0.384 e. The van der Waals surface area contributed by atoms with Crippen molar-refractivity contribution in [3.8, 4) is 0 Å². The second kappa shape index (κ2) is 8.50. The normalized spacial score (nSPS) is 13.8. The zero-order valence-corrected chi connectivity index (χ0v) is 16.2. The topological polar surface area (TPSA) is 44.1 Å². The van der Waals surface area contributed by atoms with Gasteiger partial charge in [-0.25, -0.2) is 4.98 Å². The van der Waals surface area contributed by atoms with E-state index < -0.39 is 0 Å². The number of aryl methyl sites for hydroxylation is 2. The van der Waals surface area contributed by atoms with Crippen LogP contribution in [0, 0.1) is 0 Å². The van der Waals surface area contributed by atoms with Crippen LogP contribution in [0.5, 0.6) is 0 Å². The van der Waals surface area contributed by atoms with E-state index in [1.54, 1.807) is 30.2 Å². The van der Waals surface area contributed by atoms with Crippen molar-refractivity contribution < 1.29 is 4.74 Å². The van der Waals surface area contributed by atoms with Gasteiger partial charge in [-0.15, -0.1) is 11.3 Å². The molecule has 132 valence electrons. The number of thioether (sulfide) groups is 1. The van der Waals surface area contributed by atoms with Gasteiger partial charge in [0.05, 0.1) is 12.0 Å². The van der Waals surface area contributed by atoms with E-state index in [-0.39, 0.29) is 5.56 Å². The standard InChI is InChI=1S/C18H26N2O2S2/c1-3-4-5-6-10-20-17(21)15-13-8-7-9-14(13)24-16(15)19-18(20)23-12-11-22-2/h3-12H2,1-2H3. The second-order valence-electron chi connectivity index (χ2n) is 6.29. The number of fused-ring (bicyclic) bond motifs is 3. The number of rotatable bonds is 9. The largest absolute Gasteiger partial charge is 0.384 e. The van der Waals surface area contributed by atoms with Gasteiger partial charge >= 0.3 is 0 Å².